The van der Waals surface area contributed by atoms with E-state index in [0.29, 0.717) is 19.4 Å². The van der Waals surface area contributed by atoms with E-state index in [2.05, 4.69) is 15.5 Å². The van der Waals surface area contributed by atoms with Gasteiger partial charge in [0.25, 0.3) is 0 Å². The number of hydrogen-bond donors (Lipinski definition) is 1. The molecule has 5 nitrogen and oxygen atoms in total. The first-order chi connectivity index (χ1) is 11.3. The average Bonchev–Trinajstić information content (AvgIpc) is 3.22. The van der Waals surface area contributed by atoms with Crippen LogP contribution in [0, 0.1) is 0 Å². The molecule has 2 aromatic rings. The molecule has 1 fully saturated rings. The number of carbonyl (C=O) groups excluding carboxylic acids is 1. The van der Waals surface area contributed by atoms with Gasteiger partial charge >= 0.3 is 0 Å². The summed E-state index contributed by atoms with van der Waals surface area (Å²) >= 11 is 0. The van der Waals surface area contributed by atoms with Crippen LogP contribution in [-0.4, -0.2) is 38.1 Å². The quantitative estimate of drug-likeness (QED) is 0.585. The molecule has 0 radical (unpaired) electrons. The van der Waals surface area contributed by atoms with Gasteiger partial charge in [0.05, 0.1) is 0 Å². The Morgan fingerprint density at radius 2 is 2.30 bits per heavy atom. The van der Waals surface area contributed by atoms with Crippen LogP contribution < -0.4 is 5.32 Å². The summed E-state index contributed by atoms with van der Waals surface area (Å²) in [6, 6.07) is 5.83. The number of amides is 1. The molecule has 1 atom stereocenters. The molecule has 0 aromatic carbocycles. The van der Waals surface area contributed by atoms with E-state index in [-0.39, 0.29) is 5.91 Å². The molecule has 23 heavy (non-hydrogen) atoms. The number of fused-ring (bicyclic) bond motifs is 1. The smallest absolute Gasteiger partial charge is 0.220 e. The summed E-state index contributed by atoms with van der Waals surface area (Å²) in [4.78, 5) is 11.9. The second-order valence-corrected chi connectivity index (χ2v) is 8.51. The van der Waals surface area contributed by atoms with E-state index in [9.17, 15) is 4.79 Å². The number of unbranched alkanes of at least 4 members (excludes halogenated alkanes) is 1. The zero-order valence-electron chi connectivity index (χ0n) is 13.1. The predicted molar refractivity (Wildman–Crippen MR) is 96.6 cm³/mol. The first-order valence-electron chi connectivity index (χ1n) is 8.16. The molecule has 1 N–H and O–H groups in total. The highest BCUT2D eigenvalue weighted by Crippen LogP contribution is 2.39. The van der Waals surface area contributed by atoms with Gasteiger partial charge in [-0.25, -0.2) is 0 Å². The Labute approximate surface area is 144 Å². The fourth-order valence-corrected chi connectivity index (χ4v) is 5.71. The zero-order chi connectivity index (χ0) is 15.9. The maximum atomic E-state index is 11.9. The van der Waals surface area contributed by atoms with Crippen LogP contribution in [-0.2, 0) is 11.2 Å². The van der Waals surface area contributed by atoms with Crippen molar-refractivity contribution in [2.45, 2.75) is 43.8 Å². The predicted octanol–water partition coefficient (Wildman–Crippen LogP) is 3.10. The first-order valence-corrected chi connectivity index (χ1v) is 10.5. The largest absolute Gasteiger partial charge is 0.356 e. The maximum absolute atomic E-state index is 11.9. The van der Waals surface area contributed by atoms with Gasteiger partial charge in [-0.15, -0.1) is 10.2 Å². The molecule has 1 unspecified atom stereocenters. The third-order valence-corrected chi connectivity index (χ3v) is 6.97. The third kappa shape index (κ3) is 4.88. The summed E-state index contributed by atoms with van der Waals surface area (Å²) in [7, 11) is 4.00. The molecule has 1 aliphatic rings. The second-order valence-electron chi connectivity index (χ2n) is 5.72. The number of hydrogen-bond acceptors (Lipinski definition) is 5. The van der Waals surface area contributed by atoms with Gasteiger partial charge in [0.15, 0.2) is 5.65 Å². The number of carbonyl (C=O) groups is 1. The summed E-state index contributed by atoms with van der Waals surface area (Å²) in [6.45, 7) is 0.615. The van der Waals surface area contributed by atoms with Crippen LogP contribution in [0.25, 0.3) is 5.65 Å². The van der Waals surface area contributed by atoms with E-state index >= 15 is 0 Å². The number of nitrogens with one attached hydrogen (secondary N) is 1. The molecule has 3 heterocycles. The molecule has 1 amide bonds. The number of rotatable bonds is 8. The minimum atomic E-state index is 0.146. The van der Waals surface area contributed by atoms with Crippen molar-refractivity contribution >= 4 is 33.1 Å². The molecular formula is C16H22N4OS2. The fourth-order valence-electron chi connectivity index (χ4n) is 2.69. The van der Waals surface area contributed by atoms with Crippen LogP contribution in [0.2, 0.25) is 0 Å². The lowest BCUT2D eigenvalue weighted by Crippen LogP contribution is -2.25. The van der Waals surface area contributed by atoms with Crippen LogP contribution in [0.1, 0.15) is 37.9 Å². The average molecular weight is 351 g/mol. The minimum Gasteiger partial charge on any atom is -0.356 e. The van der Waals surface area contributed by atoms with E-state index in [1.807, 2.05) is 50.4 Å². The van der Waals surface area contributed by atoms with Crippen molar-refractivity contribution in [3.8, 4) is 0 Å². The van der Waals surface area contributed by atoms with E-state index in [1.54, 1.807) is 0 Å². The lowest BCUT2D eigenvalue weighted by Gasteiger charge is -2.07. The molecule has 2 aromatic heterocycles. The van der Waals surface area contributed by atoms with Gasteiger partial charge in [-0.05, 0) is 31.4 Å². The van der Waals surface area contributed by atoms with Gasteiger partial charge in [-0.3, -0.25) is 9.20 Å². The molecule has 7 heteroatoms. The fraction of sp³-hybridized carbons (Fsp3) is 0.562. The summed E-state index contributed by atoms with van der Waals surface area (Å²) in [5, 5.41) is 12.1. The molecule has 124 valence electrons. The summed E-state index contributed by atoms with van der Waals surface area (Å²) in [6.07, 6.45) is 8.00. The molecule has 0 bridgehead atoms. The van der Waals surface area contributed by atoms with E-state index < -0.39 is 0 Å². The van der Waals surface area contributed by atoms with E-state index in [1.165, 1.54) is 18.6 Å². The summed E-state index contributed by atoms with van der Waals surface area (Å²) in [5.41, 5.74) is 0.844. The minimum absolute atomic E-state index is 0.146. The zero-order valence-corrected chi connectivity index (χ0v) is 14.7. The first kappa shape index (κ1) is 16.6. The number of nitrogens with zero attached hydrogens (tertiary/aromatic N) is 3. The molecule has 1 saturated heterocycles. The highest BCUT2D eigenvalue weighted by Gasteiger charge is 2.15. The van der Waals surface area contributed by atoms with Crippen molar-refractivity contribution in [1.29, 1.82) is 0 Å². The standard InChI is InChI=1S/C16H22N4OS2/c21-16(7-2-1-5-13-9-12-22-23-13)17-10-8-15-19-18-14-6-3-4-11-20(14)15/h3-4,6,11,13H,1-2,5,7-10,12H2,(H,17,21). The summed E-state index contributed by atoms with van der Waals surface area (Å²) in [5.74, 6) is 2.32. The van der Waals surface area contributed by atoms with Crippen molar-refractivity contribution < 1.29 is 4.79 Å². The Bertz CT molecular complexity index is 640. The molecule has 0 saturated carbocycles. The summed E-state index contributed by atoms with van der Waals surface area (Å²) < 4.78 is 1.96. The normalized spacial score (nSPS) is 17.7. The van der Waals surface area contributed by atoms with Gasteiger partial charge in [0.1, 0.15) is 5.82 Å². The Hall–Kier alpha value is -1.21. The molecule has 1 aliphatic heterocycles. The topological polar surface area (TPSA) is 59.3 Å². The Morgan fingerprint density at radius 1 is 1.35 bits per heavy atom. The van der Waals surface area contributed by atoms with Crippen molar-refractivity contribution in [2.24, 2.45) is 0 Å². The van der Waals surface area contributed by atoms with Crippen molar-refractivity contribution in [2.75, 3.05) is 12.3 Å². The Morgan fingerprint density at radius 3 is 3.17 bits per heavy atom. The van der Waals surface area contributed by atoms with Gasteiger partial charge in [0, 0.05) is 36.6 Å². The lowest BCUT2D eigenvalue weighted by molar-refractivity contribution is -0.121. The molecule has 3 rings (SSSR count). The number of aromatic nitrogens is 3. The Kier molecular flexibility index (Phi) is 6.21. The SMILES string of the molecule is O=C(CCCCC1CCSS1)NCCc1nnc2ccccn12. The van der Waals surface area contributed by atoms with Crippen LogP contribution in [0.3, 0.4) is 0 Å². The Balaban J connectivity index is 1.31. The van der Waals surface area contributed by atoms with Crippen molar-refractivity contribution in [3.05, 3.63) is 30.2 Å². The molecule has 0 spiro atoms. The van der Waals surface area contributed by atoms with Gasteiger partial charge in [-0.1, -0.05) is 34.1 Å². The highest BCUT2D eigenvalue weighted by atomic mass is 33.1. The van der Waals surface area contributed by atoms with Gasteiger partial charge in [0.2, 0.25) is 5.91 Å². The van der Waals surface area contributed by atoms with Gasteiger partial charge in [-0.2, -0.15) is 0 Å². The van der Waals surface area contributed by atoms with E-state index in [0.717, 1.165) is 29.6 Å². The van der Waals surface area contributed by atoms with Crippen LogP contribution in [0.15, 0.2) is 24.4 Å². The second kappa shape index (κ2) is 8.59. The number of pyridine rings is 1. The van der Waals surface area contributed by atoms with Crippen LogP contribution in [0.4, 0.5) is 0 Å². The molecular weight excluding hydrogens is 328 g/mol. The van der Waals surface area contributed by atoms with Crippen LogP contribution >= 0.6 is 21.6 Å². The van der Waals surface area contributed by atoms with Gasteiger partial charge < -0.3 is 5.32 Å². The lowest BCUT2D eigenvalue weighted by atomic mass is 10.1. The van der Waals surface area contributed by atoms with Crippen molar-refractivity contribution in [1.82, 2.24) is 19.9 Å². The monoisotopic (exact) mass is 350 g/mol. The maximum Gasteiger partial charge on any atom is 0.220 e. The van der Waals surface area contributed by atoms with Crippen molar-refractivity contribution in [3.63, 3.8) is 0 Å². The molecule has 0 aliphatic carbocycles. The van der Waals surface area contributed by atoms with E-state index in [4.69, 9.17) is 0 Å². The van der Waals surface area contributed by atoms with Crippen LogP contribution in [0.5, 0.6) is 0 Å². The highest BCUT2D eigenvalue weighted by molar-refractivity contribution is 8.77. The third-order valence-electron chi connectivity index (χ3n) is 3.96.